The van der Waals surface area contributed by atoms with Gasteiger partial charge in [0.25, 0.3) is 0 Å². The molecule has 0 saturated carbocycles. The lowest BCUT2D eigenvalue weighted by atomic mass is 10.1. The van der Waals surface area contributed by atoms with Crippen LogP contribution in [-0.2, 0) is 0 Å². The number of carboxylic acid groups (broad SMARTS) is 1. The number of aromatic amines is 1. The van der Waals surface area contributed by atoms with Gasteiger partial charge in [-0.15, -0.1) is 10.2 Å². The van der Waals surface area contributed by atoms with E-state index in [4.69, 9.17) is 10.4 Å². The van der Waals surface area contributed by atoms with Crippen LogP contribution in [0.2, 0.25) is 0 Å². The number of anilines is 1. The van der Waals surface area contributed by atoms with Crippen molar-refractivity contribution in [3.63, 3.8) is 0 Å². The number of nitrogens with one attached hydrogen (secondary N) is 2. The van der Waals surface area contributed by atoms with Gasteiger partial charge in [-0.2, -0.15) is 10.5 Å². The number of aromatic carboxylic acids is 1. The Morgan fingerprint density at radius 1 is 1.55 bits per heavy atom. The Morgan fingerprint density at radius 2 is 2.35 bits per heavy atom. The number of H-pyrrole nitrogens is 1. The molecule has 1 aromatic heterocycles. The topological polar surface area (TPSA) is 128 Å². The number of halogens is 1. The van der Waals surface area contributed by atoms with E-state index in [1.807, 2.05) is 6.07 Å². The van der Waals surface area contributed by atoms with Crippen LogP contribution in [0.15, 0.2) is 24.4 Å². The minimum absolute atomic E-state index is 0.00810. The number of nitrogens with zero attached hydrogens (tertiary/aromatic N) is 4. The zero-order chi connectivity index (χ0) is 14.5. The summed E-state index contributed by atoms with van der Waals surface area (Å²) in [4.78, 5) is 11.0. The van der Waals surface area contributed by atoms with Crippen LogP contribution in [0, 0.1) is 17.1 Å². The van der Waals surface area contributed by atoms with E-state index >= 15 is 0 Å². The summed E-state index contributed by atoms with van der Waals surface area (Å²) in [5.41, 5.74) is -0.110. The van der Waals surface area contributed by atoms with Gasteiger partial charge in [0.2, 0.25) is 5.82 Å². The lowest BCUT2D eigenvalue weighted by Gasteiger charge is -2.05. The molecule has 1 heterocycles. The van der Waals surface area contributed by atoms with Crippen molar-refractivity contribution in [1.29, 1.82) is 5.26 Å². The number of allylic oxidation sites excluding steroid dienone is 1. The number of rotatable bonds is 4. The zero-order valence-electron chi connectivity index (χ0n) is 9.83. The number of hydrogen-bond acceptors (Lipinski definition) is 6. The van der Waals surface area contributed by atoms with Crippen LogP contribution in [0.1, 0.15) is 16.2 Å². The monoisotopic (exact) mass is 274 g/mol. The molecular weight excluding hydrogens is 267 g/mol. The molecule has 0 bridgehead atoms. The van der Waals surface area contributed by atoms with Gasteiger partial charge in [-0.05, 0) is 23.4 Å². The average molecular weight is 274 g/mol. The fourth-order valence-corrected chi connectivity index (χ4v) is 1.40. The molecule has 0 aliphatic heterocycles. The van der Waals surface area contributed by atoms with Crippen molar-refractivity contribution in [2.45, 2.75) is 0 Å². The Bertz CT molecular complexity index is 704. The average Bonchev–Trinajstić information content (AvgIpc) is 2.93. The second-order valence-corrected chi connectivity index (χ2v) is 3.54. The number of tetrazole rings is 1. The third-order valence-corrected chi connectivity index (χ3v) is 2.29. The summed E-state index contributed by atoms with van der Waals surface area (Å²) in [7, 11) is 0. The summed E-state index contributed by atoms with van der Waals surface area (Å²) in [6, 6.07) is 4.97. The van der Waals surface area contributed by atoms with Crippen molar-refractivity contribution in [3.05, 3.63) is 41.6 Å². The molecule has 0 atom stereocenters. The van der Waals surface area contributed by atoms with Crippen LogP contribution in [-0.4, -0.2) is 31.7 Å². The van der Waals surface area contributed by atoms with E-state index in [0.717, 1.165) is 18.2 Å². The highest BCUT2D eigenvalue weighted by atomic mass is 19.1. The molecule has 8 nitrogen and oxygen atoms in total. The van der Waals surface area contributed by atoms with Crippen molar-refractivity contribution in [1.82, 2.24) is 20.6 Å². The second-order valence-electron chi connectivity index (χ2n) is 3.54. The third-order valence-electron chi connectivity index (χ3n) is 2.29. The number of hydrogen-bond donors (Lipinski definition) is 3. The molecule has 20 heavy (non-hydrogen) atoms. The molecule has 3 N–H and O–H groups in total. The molecule has 0 amide bonds. The first-order valence-electron chi connectivity index (χ1n) is 5.25. The first-order chi connectivity index (χ1) is 9.61. The van der Waals surface area contributed by atoms with Crippen LogP contribution in [0.5, 0.6) is 0 Å². The minimum Gasteiger partial charge on any atom is -0.478 e. The van der Waals surface area contributed by atoms with Gasteiger partial charge in [-0.3, -0.25) is 0 Å². The number of aromatic nitrogens is 4. The summed E-state index contributed by atoms with van der Waals surface area (Å²) < 4.78 is 13.1. The first kappa shape index (κ1) is 13.2. The smallest absolute Gasteiger partial charge is 0.337 e. The molecule has 9 heteroatoms. The lowest BCUT2D eigenvalue weighted by molar-refractivity contribution is 0.0698. The minimum atomic E-state index is -1.22. The summed E-state index contributed by atoms with van der Waals surface area (Å²) in [6.07, 6.45) is 1.17. The van der Waals surface area contributed by atoms with Crippen LogP contribution < -0.4 is 5.32 Å². The van der Waals surface area contributed by atoms with Gasteiger partial charge in [-0.25, -0.2) is 9.18 Å². The fraction of sp³-hybridized carbons (Fsp3) is 0. The lowest BCUT2D eigenvalue weighted by Crippen LogP contribution is -2.03. The Kier molecular flexibility index (Phi) is 3.67. The van der Waals surface area contributed by atoms with Gasteiger partial charge in [0.15, 0.2) is 0 Å². The molecule has 0 saturated heterocycles. The van der Waals surface area contributed by atoms with Gasteiger partial charge in [0, 0.05) is 6.20 Å². The van der Waals surface area contributed by atoms with Crippen molar-refractivity contribution in [3.8, 4) is 6.07 Å². The van der Waals surface area contributed by atoms with Crippen LogP contribution in [0.4, 0.5) is 10.1 Å². The van der Waals surface area contributed by atoms with Crippen LogP contribution >= 0.6 is 0 Å². The quantitative estimate of drug-likeness (QED) is 0.710. The predicted octanol–water partition coefficient (Wildman–Crippen LogP) is 1.01. The maximum absolute atomic E-state index is 13.1. The van der Waals surface area contributed by atoms with E-state index in [0.29, 0.717) is 0 Å². The third kappa shape index (κ3) is 2.75. The van der Waals surface area contributed by atoms with E-state index in [-0.39, 0.29) is 22.6 Å². The highest BCUT2D eigenvalue weighted by molar-refractivity contribution is 5.94. The highest BCUT2D eigenvalue weighted by Gasteiger charge is 2.11. The molecule has 0 aliphatic carbocycles. The molecule has 2 rings (SSSR count). The van der Waals surface area contributed by atoms with Gasteiger partial charge >= 0.3 is 5.97 Å². The normalized spacial score (nSPS) is 10.9. The standard InChI is InChI=1S/C11H7FN6O2/c12-7-1-2-8(11(19)20)9(3-7)14-5-6(4-13)10-15-17-18-16-10/h1-3,5,14H,(H,19,20)(H,15,16,17,18). The maximum atomic E-state index is 13.1. The Balaban J connectivity index is 2.33. The molecule has 100 valence electrons. The van der Waals surface area contributed by atoms with Crippen molar-refractivity contribution >= 4 is 17.2 Å². The van der Waals surface area contributed by atoms with E-state index in [9.17, 15) is 9.18 Å². The number of carboxylic acids is 1. The molecule has 1 aromatic carbocycles. The van der Waals surface area contributed by atoms with Gasteiger partial charge in [-0.1, -0.05) is 0 Å². The molecule has 0 fully saturated rings. The predicted molar refractivity (Wildman–Crippen MR) is 64.7 cm³/mol. The molecule has 0 unspecified atom stereocenters. The summed E-state index contributed by atoms with van der Waals surface area (Å²) >= 11 is 0. The molecule has 0 radical (unpaired) electrons. The fourth-order valence-electron chi connectivity index (χ4n) is 1.40. The van der Waals surface area contributed by atoms with E-state index < -0.39 is 11.8 Å². The number of carbonyl (C=O) groups is 1. The Labute approximate surface area is 111 Å². The molecular formula is C11H7FN6O2. The zero-order valence-corrected chi connectivity index (χ0v) is 9.83. The molecule has 0 aliphatic rings. The maximum Gasteiger partial charge on any atom is 0.337 e. The van der Waals surface area contributed by atoms with Gasteiger partial charge in [0.05, 0.1) is 11.3 Å². The Morgan fingerprint density at radius 3 is 2.95 bits per heavy atom. The Hall–Kier alpha value is -3.28. The van der Waals surface area contributed by atoms with Crippen molar-refractivity contribution in [2.75, 3.05) is 5.32 Å². The van der Waals surface area contributed by atoms with E-state index in [2.05, 4.69) is 25.9 Å². The van der Waals surface area contributed by atoms with Gasteiger partial charge in [0.1, 0.15) is 17.5 Å². The number of benzene rings is 1. The largest absolute Gasteiger partial charge is 0.478 e. The summed E-state index contributed by atoms with van der Waals surface area (Å²) in [5.74, 6) is -1.80. The second kappa shape index (κ2) is 5.57. The van der Waals surface area contributed by atoms with Gasteiger partial charge < -0.3 is 10.4 Å². The van der Waals surface area contributed by atoms with Crippen molar-refractivity contribution < 1.29 is 14.3 Å². The summed E-state index contributed by atoms with van der Waals surface area (Å²) in [5, 5.41) is 33.1. The summed E-state index contributed by atoms with van der Waals surface area (Å²) in [6.45, 7) is 0. The van der Waals surface area contributed by atoms with Crippen molar-refractivity contribution in [2.24, 2.45) is 0 Å². The van der Waals surface area contributed by atoms with E-state index in [1.165, 1.54) is 6.20 Å². The highest BCUT2D eigenvalue weighted by Crippen LogP contribution is 2.18. The van der Waals surface area contributed by atoms with Crippen LogP contribution in [0.25, 0.3) is 5.57 Å². The first-order valence-corrected chi connectivity index (χ1v) is 5.25. The van der Waals surface area contributed by atoms with E-state index in [1.54, 1.807) is 0 Å². The molecule has 2 aromatic rings. The SMILES string of the molecule is N#CC(=CNc1cc(F)ccc1C(=O)O)c1nn[nH]n1. The molecule has 0 spiro atoms. The number of nitriles is 1. The van der Waals surface area contributed by atoms with Crippen LogP contribution in [0.3, 0.4) is 0 Å².